The predicted molar refractivity (Wildman–Crippen MR) is 85.3 cm³/mol. The molecule has 2 aromatic rings. The van der Waals surface area contributed by atoms with Crippen molar-refractivity contribution in [2.75, 3.05) is 7.11 Å². The van der Waals surface area contributed by atoms with Crippen LogP contribution in [0.25, 0.3) is 0 Å². The van der Waals surface area contributed by atoms with E-state index in [0.29, 0.717) is 4.47 Å². The third-order valence-corrected chi connectivity index (χ3v) is 3.41. The summed E-state index contributed by atoms with van der Waals surface area (Å²) in [6.07, 6.45) is 0. The first-order chi connectivity index (χ1) is 11.3. The molecule has 0 radical (unpaired) electrons. The molecule has 0 atom stereocenters. The number of esters is 1. The third-order valence-electron chi connectivity index (χ3n) is 2.92. The van der Waals surface area contributed by atoms with Gasteiger partial charge in [-0.15, -0.1) is 0 Å². The minimum Gasteiger partial charge on any atom is -0.465 e. The average molecular weight is 397 g/mol. The lowest BCUT2D eigenvalue weighted by molar-refractivity contribution is -0.385. The lowest BCUT2D eigenvalue weighted by atomic mass is 10.1. The van der Waals surface area contributed by atoms with Crippen LogP contribution in [-0.4, -0.2) is 22.9 Å². The first kappa shape index (κ1) is 17.3. The monoisotopic (exact) mass is 396 g/mol. The Morgan fingerprint density at radius 3 is 2.29 bits per heavy atom. The van der Waals surface area contributed by atoms with Gasteiger partial charge in [0.05, 0.1) is 17.0 Å². The number of hydrogen-bond donors (Lipinski definition) is 0. The van der Waals surface area contributed by atoms with Gasteiger partial charge in [-0.2, -0.15) is 0 Å². The molecule has 0 aromatic heterocycles. The first-order valence-electron chi connectivity index (χ1n) is 6.32. The largest absolute Gasteiger partial charge is 0.465 e. The van der Waals surface area contributed by atoms with Crippen molar-refractivity contribution in [1.82, 2.24) is 0 Å². The highest BCUT2D eigenvalue weighted by Gasteiger charge is 2.23. The molecule has 0 aliphatic heterocycles. The van der Waals surface area contributed by atoms with Crippen LogP contribution < -0.4 is 4.74 Å². The highest BCUT2D eigenvalue weighted by Crippen LogP contribution is 2.35. The van der Waals surface area contributed by atoms with Crippen molar-refractivity contribution >= 4 is 33.3 Å². The summed E-state index contributed by atoms with van der Waals surface area (Å²) in [4.78, 5) is 32.3. The molecule has 124 valence electrons. The molecular weight excluding hydrogens is 388 g/mol. The van der Waals surface area contributed by atoms with Gasteiger partial charge in [0.25, 0.3) is 5.69 Å². The number of nitrogens with zero attached hydrogens (tertiary/aromatic N) is 2. The lowest BCUT2D eigenvalue weighted by Gasteiger charge is -2.08. The van der Waals surface area contributed by atoms with E-state index in [1.165, 1.54) is 24.3 Å². The first-order valence-corrected chi connectivity index (χ1v) is 7.11. The highest BCUT2D eigenvalue weighted by atomic mass is 79.9. The molecule has 0 saturated heterocycles. The zero-order chi connectivity index (χ0) is 17.9. The van der Waals surface area contributed by atoms with Gasteiger partial charge in [-0.3, -0.25) is 20.2 Å². The fraction of sp³-hybridized carbons (Fsp3) is 0.0714. The molecule has 9 nitrogen and oxygen atoms in total. The highest BCUT2D eigenvalue weighted by molar-refractivity contribution is 9.10. The molecule has 0 N–H and O–H groups in total. The second kappa shape index (κ2) is 7.04. The van der Waals surface area contributed by atoms with E-state index in [1.54, 1.807) is 0 Å². The Balaban J connectivity index is 2.46. The van der Waals surface area contributed by atoms with Gasteiger partial charge < -0.3 is 9.47 Å². The van der Waals surface area contributed by atoms with Crippen molar-refractivity contribution in [3.05, 3.63) is 66.7 Å². The maximum atomic E-state index is 11.7. The zero-order valence-corrected chi connectivity index (χ0v) is 13.7. The standard InChI is InChI=1S/C14H9BrN2O7/c1-23-14(18)10-7-9(3-4-11(10)16(19)20)24-13-5-2-8(15)6-12(13)17(21)22/h2-7H,1H3. The number of methoxy groups -OCH3 is 1. The van der Waals surface area contributed by atoms with Crippen LogP contribution in [0.3, 0.4) is 0 Å². The molecule has 0 saturated carbocycles. The Morgan fingerprint density at radius 1 is 1.04 bits per heavy atom. The minimum absolute atomic E-state index is 0.0198. The number of carbonyl (C=O) groups is 1. The summed E-state index contributed by atoms with van der Waals surface area (Å²) in [5, 5.41) is 22.0. The number of benzene rings is 2. The van der Waals surface area contributed by atoms with Gasteiger partial charge in [0.15, 0.2) is 0 Å². The maximum absolute atomic E-state index is 11.7. The van der Waals surface area contributed by atoms with Crippen molar-refractivity contribution in [3.8, 4) is 11.5 Å². The van der Waals surface area contributed by atoms with E-state index in [0.717, 1.165) is 19.2 Å². The quantitative estimate of drug-likeness (QED) is 0.427. The zero-order valence-electron chi connectivity index (χ0n) is 12.1. The Morgan fingerprint density at radius 2 is 1.71 bits per heavy atom. The van der Waals surface area contributed by atoms with Crippen LogP contribution in [0, 0.1) is 20.2 Å². The molecule has 0 amide bonds. The summed E-state index contributed by atoms with van der Waals surface area (Å²) >= 11 is 3.12. The molecule has 0 fully saturated rings. The van der Waals surface area contributed by atoms with E-state index in [2.05, 4.69) is 20.7 Å². The molecule has 2 rings (SSSR count). The van der Waals surface area contributed by atoms with Gasteiger partial charge in [-0.1, -0.05) is 15.9 Å². The Hall–Kier alpha value is -3.01. The van der Waals surface area contributed by atoms with Gasteiger partial charge in [0, 0.05) is 22.7 Å². The van der Waals surface area contributed by atoms with Crippen molar-refractivity contribution in [2.45, 2.75) is 0 Å². The van der Waals surface area contributed by atoms with Crippen molar-refractivity contribution in [2.24, 2.45) is 0 Å². The summed E-state index contributed by atoms with van der Waals surface area (Å²) in [6.45, 7) is 0. The predicted octanol–water partition coefficient (Wildman–Crippen LogP) is 3.84. The molecule has 0 spiro atoms. The van der Waals surface area contributed by atoms with Crippen molar-refractivity contribution in [1.29, 1.82) is 0 Å². The molecule has 0 aliphatic carbocycles. The number of carbonyl (C=O) groups excluding carboxylic acids is 1. The van der Waals surface area contributed by atoms with Crippen LogP contribution in [0.2, 0.25) is 0 Å². The smallest absolute Gasteiger partial charge is 0.345 e. The minimum atomic E-state index is -0.919. The van der Waals surface area contributed by atoms with E-state index in [-0.39, 0.29) is 22.7 Å². The topological polar surface area (TPSA) is 122 Å². The third kappa shape index (κ3) is 3.66. The summed E-state index contributed by atoms with van der Waals surface area (Å²) in [7, 11) is 1.08. The normalized spacial score (nSPS) is 10.1. The van der Waals surface area contributed by atoms with Crippen LogP contribution in [-0.2, 0) is 4.74 Å². The number of nitro groups is 2. The number of hydrogen-bond acceptors (Lipinski definition) is 7. The van der Waals surface area contributed by atoms with Crippen LogP contribution >= 0.6 is 15.9 Å². The van der Waals surface area contributed by atoms with E-state index in [1.807, 2.05) is 0 Å². The average Bonchev–Trinajstić information content (AvgIpc) is 2.55. The molecule has 0 unspecified atom stereocenters. The molecule has 0 aliphatic rings. The number of nitro benzene ring substituents is 2. The van der Waals surface area contributed by atoms with E-state index >= 15 is 0 Å². The summed E-state index contributed by atoms with van der Waals surface area (Å²) in [6, 6.07) is 7.54. The van der Waals surface area contributed by atoms with Crippen LogP contribution in [0.15, 0.2) is 40.9 Å². The Bertz CT molecular complexity index is 838. The van der Waals surface area contributed by atoms with Gasteiger partial charge in [0.1, 0.15) is 11.3 Å². The second-order valence-electron chi connectivity index (χ2n) is 4.40. The maximum Gasteiger partial charge on any atom is 0.345 e. The number of rotatable bonds is 5. The number of halogens is 1. The fourth-order valence-corrected chi connectivity index (χ4v) is 2.21. The molecule has 24 heavy (non-hydrogen) atoms. The fourth-order valence-electron chi connectivity index (χ4n) is 1.86. The van der Waals surface area contributed by atoms with Crippen molar-refractivity contribution in [3.63, 3.8) is 0 Å². The van der Waals surface area contributed by atoms with Gasteiger partial charge in [-0.05, 0) is 18.2 Å². The van der Waals surface area contributed by atoms with Crippen LogP contribution in [0.1, 0.15) is 10.4 Å². The van der Waals surface area contributed by atoms with Gasteiger partial charge >= 0.3 is 11.7 Å². The Kier molecular flexibility index (Phi) is 5.09. The lowest BCUT2D eigenvalue weighted by Crippen LogP contribution is -2.06. The molecular formula is C14H9BrN2O7. The molecule has 2 aromatic carbocycles. The SMILES string of the molecule is COC(=O)c1cc(Oc2ccc(Br)cc2[N+](=O)[O-])ccc1[N+](=O)[O-]. The van der Waals surface area contributed by atoms with Crippen LogP contribution in [0.4, 0.5) is 11.4 Å². The summed E-state index contributed by atoms with van der Waals surface area (Å²) in [5.41, 5.74) is -1.08. The van der Waals surface area contributed by atoms with E-state index in [4.69, 9.17) is 4.74 Å². The Labute approximate surface area is 143 Å². The summed E-state index contributed by atoms with van der Waals surface area (Å²) in [5.74, 6) is -0.975. The summed E-state index contributed by atoms with van der Waals surface area (Å²) < 4.78 is 10.4. The molecule has 0 bridgehead atoms. The van der Waals surface area contributed by atoms with Crippen molar-refractivity contribution < 1.29 is 24.1 Å². The van der Waals surface area contributed by atoms with Crippen LogP contribution in [0.5, 0.6) is 11.5 Å². The van der Waals surface area contributed by atoms with Gasteiger partial charge in [0.2, 0.25) is 5.75 Å². The van der Waals surface area contributed by atoms with Gasteiger partial charge in [-0.25, -0.2) is 4.79 Å². The van der Waals surface area contributed by atoms with E-state index < -0.39 is 21.5 Å². The molecule has 10 heteroatoms. The molecule has 0 heterocycles. The van der Waals surface area contributed by atoms with E-state index in [9.17, 15) is 25.0 Å². The number of ether oxygens (including phenoxy) is 2. The second-order valence-corrected chi connectivity index (χ2v) is 5.31.